The Morgan fingerprint density at radius 3 is 2.64 bits per heavy atom. The largest absolute Gasteiger partial charge is 0.381 e. The maximum atomic E-state index is 5.50. The highest BCUT2D eigenvalue weighted by Crippen LogP contribution is 2.22. The molecule has 2 aliphatic rings. The number of hydrogen-bond acceptors (Lipinski definition) is 3. The predicted molar refractivity (Wildman–Crippen MR) is 91.0 cm³/mol. The molecule has 0 amide bonds. The summed E-state index contributed by atoms with van der Waals surface area (Å²) in [6.07, 6.45) is 6.48. The topological polar surface area (TPSA) is 15.7 Å². The number of likely N-dealkylation sites (tertiary alicyclic amines) is 1. The summed E-state index contributed by atoms with van der Waals surface area (Å²) in [5, 5.41) is 0. The Hall–Kier alpha value is -0.900. The minimum atomic E-state index is 0.710. The van der Waals surface area contributed by atoms with Crippen molar-refractivity contribution in [3.63, 3.8) is 0 Å². The van der Waals surface area contributed by atoms with Gasteiger partial charge in [0, 0.05) is 38.4 Å². The van der Waals surface area contributed by atoms with Gasteiger partial charge in [-0.2, -0.15) is 0 Å². The fraction of sp³-hybridized carbons (Fsp3) is 0.684. The Labute approximate surface area is 135 Å². The van der Waals surface area contributed by atoms with E-state index in [9.17, 15) is 0 Å². The standard InChI is InChI=1S/C19H30N2O/c1-20(18-10-13-22-14-11-18)16-19-9-5-6-12-21(19)15-17-7-3-2-4-8-17/h2-4,7-8,18-19H,5-6,9-16H2,1H3/t19-/m0/s1. The van der Waals surface area contributed by atoms with Crippen LogP contribution in [0.1, 0.15) is 37.7 Å². The average molecular weight is 302 g/mol. The first-order chi connectivity index (χ1) is 10.8. The van der Waals surface area contributed by atoms with Gasteiger partial charge in [0.25, 0.3) is 0 Å². The molecular formula is C19H30N2O. The summed E-state index contributed by atoms with van der Waals surface area (Å²) >= 11 is 0. The number of ether oxygens (including phenoxy) is 1. The van der Waals surface area contributed by atoms with E-state index in [2.05, 4.69) is 47.2 Å². The number of likely N-dealkylation sites (N-methyl/N-ethyl adjacent to an activating group) is 1. The fourth-order valence-corrected chi connectivity index (χ4v) is 3.90. The number of rotatable bonds is 5. The minimum absolute atomic E-state index is 0.710. The Kier molecular flexibility index (Phi) is 5.88. The minimum Gasteiger partial charge on any atom is -0.381 e. The number of piperidine rings is 1. The van der Waals surface area contributed by atoms with Crippen LogP contribution in [0, 0.1) is 0 Å². The van der Waals surface area contributed by atoms with Gasteiger partial charge in [-0.1, -0.05) is 36.8 Å². The highest BCUT2D eigenvalue weighted by molar-refractivity contribution is 5.14. The molecule has 1 atom stereocenters. The maximum Gasteiger partial charge on any atom is 0.0480 e. The molecule has 0 aliphatic carbocycles. The zero-order valence-corrected chi connectivity index (χ0v) is 13.9. The predicted octanol–water partition coefficient (Wildman–Crippen LogP) is 3.15. The van der Waals surface area contributed by atoms with Crippen LogP contribution in [-0.4, -0.2) is 55.2 Å². The Morgan fingerprint density at radius 2 is 1.86 bits per heavy atom. The number of nitrogens with zero attached hydrogens (tertiary/aromatic N) is 2. The van der Waals surface area contributed by atoms with Gasteiger partial charge >= 0.3 is 0 Å². The SMILES string of the molecule is CN(C[C@@H]1CCCCN1Cc1ccccc1)C1CCOCC1. The first-order valence-electron chi connectivity index (χ1n) is 8.89. The molecule has 3 heteroatoms. The highest BCUT2D eigenvalue weighted by Gasteiger charge is 2.26. The molecule has 0 radical (unpaired) electrons. The van der Waals surface area contributed by atoms with Gasteiger partial charge in [-0.3, -0.25) is 4.90 Å². The molecule has 0 bridgehead atoms. The van der Waals surface area contributed by atoms with E-state index < -0.39 is 0 Å². The summed E-state index contributed by atoms with van der Waals surface area (Å²) in [5.74, 6) is 0. The second-order valence-electron chi connectivity index (χ2n) is 6.89. The van der Waals surface area contributed by atoms with Gasteiger partial charge in [-0.25, -0.2) is 0 Å². The third-order valence-electron chi connectivity index (χ3n) is 5.29. The normalized spacial score (nSPS) is 24.7. The third-order valence-corrected chi connectivity index (χ3v) is 5.29. The zero-order valence-electron chi connectivity index (χ0n) is 13.9. The molecule has 0 N–H and O–H groups in total. The lowest BCUT2D eigenvalue weighted by atomic mass is 9.99. The highest BCUT2D eigenvalue weighted by atomic mass is 16.5. The van der Waals surface area contributed by atoms with Gasteiger partial charge < -0.3 is 9.64 Å². The Bertz CT molecular complexity index is 430. The molecule has 2 saturated heterocycles. The first kappa shape index (κ1) is 16.0. The molecule has 0 saturated carbocycles. The Balaban J connectivity index is 1.57. The van der Waals surface area contributed by atoms with Crippen molar-refractivity contribution in [1.82, 2.24) is 9.80 Å². The van der Waals surface area contributed by atoms with Crippen LogP contribution in [0.5, 0.6) is 0 Å². The van der Waals surface area contributed by atoms with E-state index in [1.807, 2.05) is 0 Å². The number of benzene rings is 1. The summed E-state index contributed by atoms with van der Waals surface area (Å²) in [6.45, 7) is 5.44. The third kappa shape index (κ3) is 4.31. The summed E-state index contributed by atoms with van der Waals surface area (Å²) in [6, 6.07) is 12.4. The second kappa shape index (κ2) is 8.09. The van der Waals surface area contributed by atoms with E-state index >= 15 is 0 Å². The van der Waals surface area contributed by atoms with Crippen molar-refractivity contribution in [2.24, 2.45) is 0 Å². The molecule has 2 heterocycles. The average Bonchev–Trinajstić information content (AvgIpc) is 2.58. The zero-order chi connectivity index (χ0) is 15.2. The van der Waals surface area contributed by atoms with E-state index in [1.165, 1.54) is 50.8 Å². The molecule has 2 aliphatic heterocycles. The van der Waals surface area contributed by atoms with Crippen molar-refractivity contribution in [3.8, 4) is 0 Å². The summed E-state index contributed by atoms with van der Waals surface area (Å²) in [5.41, 5.74) is 1.45. The van der Waals surface area contributed by atoms with Crippen molar-refractivity contribution in [2.75, 3.05) is 33.4 Å². The molecule has 1 aromatic rings. The quantitative estimate of drug-likeness (QED) is 0.831. The van der Waals surface area contributed by atoms with Crippen LogP contribution in [0.4, 0.5) is 0 Å². The lowest BCUT2D eigenvalue weighted by Crippen LogP contribution is -2.48. The molecule has 0 unspecified atom stereocenters. The van der Waals surface area contributed by atoms with Gasteiger partial charge in [-0.15, -0.1) is 0 Å². The van der Waals surface area contributed by atoms with Gasteiger partial charge in [-0.05, 0) is 44.8 Å². The summed E-state index contributed by atoms with van der Waals surface area (Å²) < 4.78 is 5.50. The molecule has 22 heavy (non-hydrogen) atoms. The van der Waals surface area contributed by atoms with E-state index in [0.717, 1.165) is 19.8 Å². The molecule has 122 valence electrons. The lowest BCUT2D eigenvalue weighted by molar-refractivity contribution is 0.0258. The molecule has 3 rings (SSSR count). The van der Waals surface area contributed by atoms with Gasteiger partial charge in [0.2, 0.25) is 0 Å². The van der Waals surface area contributed by atoms with Gasteiger partial charge in [0.15, 0.2) is 0 Å². The number of hydrogen-bond donors (Lipinski definition) is 0. The van der Waals surface area contributed by atoms with Crippen LogP contribution in [0.25, 0.3) is 0 Å². The first-order valence-corrected chi connectivity index (χ1v) is 8.89. The van der Waals surface area contributed by atoms with Crippen molar-refractivity contribution < 1.29 is 4.74 Å². The van der Waals surface area contributed by atoms with Crippen LogP contribution in [0.2, 0.25) is 0 Å². The van der Waals surface area contributed by atoms with Gasteiger partial charge in [0.05, 0.1) is 0 Å². The van der Waals surface area contributed by atoms with Crippen molar-refractivity contribution in [3.05, 3.63) is 35.9 Å². The maximum absolute atomic E-state index is 5.50. The lowest BCUT2D eigenvalue weighted by Gasteiger charge is -2.40. The van der Waals surface area contributed by atoms with Gasteiger partial charge in [0.1, 0.15) is 0 Å². The van der Waals surface area contributed by atoms with E-state index in [1.54, 1.807) is 0 Å². The summed E-state index contributed by atoms with van der Waals surface area (Å²) in [4.78, 5) is 5.30. The van der Waals surface area contributed by atoms with E-state index in [4.69, 9.17) is 4.74 Å². The van der Waals surface area contributed by atoms with Crippen LogP contribution in [-0.2, 0) is 11.3 Å². The van der Waals surface area contributed by atoms with Crippen LogP contribution < -0.4 is 0 Å². The smallest absolute Gasteiger partial charge is 0.0480 e. The Morgan fingerprint density at radius 1 is 1.09 bits per heavy atom. The summed E-state index contributed by atoms with van der Waals surface area (Å²) in [7, 11) is 2.31. The van der Waals surface area contributed by atoms with E-state index in [-0.39, 0.29) is 0 Å². The van der Waals surface area contributed by atoms with Crippen LogP contribution >= 0.6 is 0 Å². The molecular weight excluding hydrogens is 272 g/mol. The van der Waals surface area contributed by atoms with Crippen molar-refractivity contribution in [2.45, 2.75) is 50.7 Å². The van der Waals surface area contributed by atoms with Crippen LogP contribution in [0.15, 0.2) is 30.3 Å². The van der Waals surface area contributed by atoms with Crippen molar-refractivity contribution in [1.29, 1.82) is 0 Å². The van der Waals surface area contributed by atoms with Crippen molar-refractivity contribution >= 4 is 0 Å². The van der Waals surface area contributed by atoms with Crippen LogP contribution in [0.3, 0.4) is 0 Å². The molecule has 0 aromatic heterocycles. The molecule has 2 fully saturated rings. The van der Waals surface area contributed by atoms with E-state index in [0.29, 0.717) is 12.1 Å². The molecule has 0 spiro atoms. The molecule has 1 aromatic carbocycles. The fourth-order valence-electron chi connectivity index (χ4n) is 3.90. The molecule has 3 nitrogen and oxygen atoms in total. The monoisotopic (exact) mass is 302 g/mol. The second-order valence-corrected chi connectivity index (χ2v) is 6.89.